The van der Waals surface area contributed by atoms with Gasteiger partial charge in [0.2, 0.25) is 5.91 Å². The highest BCUT2D eigenvalue weighted by atomic mass is 19.1. The Kier molecular flexibility index (Phi) is 4.39. The molecule has 2 aliphatic rings. The summed E-state index contributed by atoms with van der Waals surface area (Å²) in [6.07, 6.45) is 5.48. The Bertz CT molecular complexity index is 829. The number of ether oxygens (including phenoxy) is 1. The number of fused-ring (bicyclic) bond motifs is 1. The lowest BCUT2D eigenvalue weighted by Gasteiger charge is -2.44. The van der Waals surface area contributed by atoms with Crippen LogP contribution in [0.25, 0.3) is 0 Å². The van der Waals surface area contributed by atoms with Gasteiger partial charge in [0.05, 0.1) is 6.42 Å². The molecule has 1 aromatic heterocycles. The van der Waals surface area contributed by atoms with E-state index in [9.17, 15) is 9.18 Å². The molecule has 0 unspecified atom stereocenters. The lowest BCUT2D eigenvalue weighted by molar-refractivity contribution is -0.134. The van der Waals surface area contributed by atoms with E-state index in [-0.39, 0.29) is 17.3 Å². The van der Waals surface area contributed by atoms with E-state index in [4.69, 9.17) is 4.74 Å². The van der Waals surface area contributed by atoms with E-state index in [2.05, 4.69) is 4.98 Å². The number of benzene rings is 1. The number of hydrogen-bond donors (Lipinski definition) is 0. The average molecular weight is 354 g/mol. The van der Waals surface area contributed by atoms with Crippen molar-refractivity contribution in [3.63, 3.8) is 0 Å². The molecule has 1 saturated heterocycles. The zero-order chi connectivity index (χ0) is 18.1. The van der Waals surface area contributed by atoms with E-state index in [0.29, 0.717) is 25.3 Å². The molecule has 3 heterocycles. The van der Waals surface area contributed by atoms with Crippen molar-refractivity contribution in [2.24, 2.45) is 0 Å². The van der Waals surface area contributed by atoms with E-state index in [0.717, 1.165) is 42.5 Å². The molecule has 0 radical (unpaired) electrons. The predicted octanol–water partition coefficient (Wildman–Crippen LogP) is 3.46. The molecule has 1 fully saturated rings. The third kappa shape index (κ3) is 3.43. The Labute approximate surface area is 153 Å². The Morgan fingerprint density at radius 2 is 2.04 bits per heavy atom. The summed E-state index contributed by atoms with van der Waals surface area (Å²) < 4.78 is 19.7. The van der Waals surface area contributed by atoms with Crippen LogP contribution in [-0.2, 0) is 17.6 Å². The van der Waals surface area contributed by atoms with Gasteiger partial charge in [-0.1, -0.05) is 6.07 Å². The van der Waals surface area contributed by atoms with Gasteiger partial charge in [-0.15, -0.1) is 0 Å². The van der Waals surface area contributed by atoms with E-state index < -0.39 is 0 Å². The maximum absolute atomic E-state index is 13.5. The smallest absolute Gasteiger partial charge is 0.228 e. The minimum Gasteiger partial charge on any atom is -0.487 e. The molecular formula is C21H23FN2O2. The number of amides is 1. The van der Waals surface area contributed by atoms with Gasteiger partial charge in [-0.3, -0.25) is 9.78 Å². The molecule has 0 aliphatic carbocycles. The SMILES string of the molecule is Cc1ccnc(CC(=O)N2CCC3(CCc4ccc(F)cc4O3)CC2)c1. The zero-order valence-corrected chi connectivity index (χ0v) is 15.0. The third-order valence-electron chi connectivity index (χ3n) is 5.54. The number of aromatic nitrogens is 1. The van der Waals surface area contributed by atoms with Crippen LogP contribution in [0.1, 0.15) is 36.1 Å². The number of carbonyl (C=O) groups excluding carboxylic acids is 1. The molecule has 2 aromatic rings. The number of aryl methyl sites for hydroxylation is 2. The molecule has 1 aromatic carbocycles. The molecule has 0 atom stereocenters. The van der Waals surface area contributed by atoms with Gasteiger partial charge in [0, 0.05) is 43.9 Å². The van der Waals surface area contributed by atoms with Crippen molar-refractivity contribution in [1.82, 2.24) is 9.88 Å². The minimum absolute atomic E-state index is 0.111. The first kappa shape index (κ1) is 17.0. The lowest BCUT2D eigenvalue weighted by Crippen LogP contribution is -2.51. The number of pyridine rings is 1. The third-order valence-corrected chi connectivity index (χ3v) is 5.54. The fourth-order valence-corrected chi connectivity index (χ4v) is 3.95. The van der Waals surface area contributed by atoms with Crippen LogP contribution in [0.5, 0.6) is 5.75 Å². The molecular weight excluding hydrogens is 331 g/mol. The van der Waals surface area contributed by atoms with Gasteiger partial charge in [-0.25, -0.2) is 4.39 Å². The Hall–Kier alpha value is -2.43. The van der Waals surface area contributed by atoms with Crippen molar-refractivity contribution in [2.75, 3.05) is 13.1 Å². The van der Waals surface area contributed by atoms with E-state index in [1.807, 2.05) is 30.0 Å². The van der Waals surface area contributed by atoms with Crippen LogP contribution in [0, 0.1) is 12.7 Å². The maximum Gasteiger partial charge on any atom is 0.228 e. The summed E-state index contributed by atoms with van der Waals surface area (Å²) in [7, 11) is 0. The van der Waals surface area contributed by atoms with Gasteiger partial charge in [0.15, 0.2) is 0 Å². The lowest BCUT2D eigenvalue weighted by atomic mass is 9.83. The van der Waals surface area contributed by atoms with Crippen molar-refractivity contribution in [3.8, 4) is 5.75 Å². The van der Waals surface area contributed by atoms with E-state index >= 15 is 0 Å². The van der Waals surface area contributed by atoms with Crippen molar-refractivity contribution in [2.45, 2.75) is 44.6 Å². The van der Waals surface area contributed by atoms with Crippen molar-refractivity contribution in [3.05, 3.63) is 59.2 Å². The number of carbonyl (C=O) groups is 1. The molecule has 26 heavy (non-hydrogen) atoms. The Morgan fingerprint density at radius 3 is 2.81 bits per heavy atom. The first-order valence-electron chi connectivity index (χ1n) is 9.20. The van der Waals surface area contributed by atoms with Crippen molar-refractivity contribution in [1.29, 1.82) is 0 Å². The summed E-state index contributed by atoms with van der Waals surface area (Å²) in [5.41, 5.74) is 2.73. The second-order valence-corrected chi connectivity index (χ2v) is 7.42. The van der Waals surface area contributed by atoms with Crippen LogP contribution in [0.15, 0.2) is 36.5 Å². The number of hydrogen-bond acceptors (Lipinski definition) is 3. The Balaban J connectivity index is 1.39. The van der Waals surface area contributed by atoms with Crippen molar-refractivity contribution >= 4 is 5.91 Å². The normalized spacial score (nSPS) is 18.3. The largest absolute Gasteiger partial charge is 0.487 e. The van der Waals surface area contributed by atoms with Gasteiger partial charge in [0.25, 0.3) is 0 Å². The van der Waals surface area contributed by atoms with Gasteiger partial charge >= 0.3 is 0 Å². The molecule has 0 saturated carbocycles. The van der Waals surface area contributed by atoms with Crippen LogP contribution in [-0.4, -0.2) is 34.5 Å². The first-order valence-corrected chi connectivity index (χ1v) is 9.20. The van der Waals surface area contributed by atoms with Crippen molar-refractivity contribution < 1.29 is 13.9 Å². The average Bonchev–Trinajstić information content (AvgIpc) is 2.62. The van der Waals surface area contributed by atoms with Crippen LogP contribution in [0.2, 0.25) is 0 Å². The summed E-state index contributed by atoms with van der Waals surface area (Å²) in [5.74, 6) is 0.513. The second-order valence-electron chi connectivity index (χ2n) is 7.42. The first-order chi connectivity index (χ1) is 12.5. The topological polar surface area (TPSA) is 42.4 Å². The molecule has 4 rings (SSSR count). The summed E-state index contributed by atoms with van der Waals surface area (Å²) in [4.78, 5) is 18.8. The quantitative estimate of drug-likeness (QED) is 0.829. The summed E-state index contributed by atoms with van der Waals surface area (Å²) >= 11 is 0. The van der Waals surface area contributed by atoms with Gasteiger partial charge in [0.1, 0.15) is 17.2 Å². The molecule has 0 bridgehead atoms. The summed E-state index contributed by atoms with van der Waals surface area (Å²) in [6.45, 7) is 3.35. The van der Waals surface area contributed by atoms with E-state index in [1.165, 1.54) is 12.1 Å². The monoisotopic (exact) mass is 354 g/mol. The van der Waals surface area contributed by atoms with Crippen LogP contribution < -0.4 is 4.74 Å². The van der Waals surface area contributed by atoms with E-state index in [1.54, 1.807) is 6.20 Å². The highest BCUT2D eigenvalue weighted by Gasteiger charge is 2.40. The number of nitrogens with zero attached hydrogens (tertiary/aromatic N) is 2. The van der Waals surface area contributed by atoms with Gasteiger partial charge in [-0.05, 0) is 49.1 Å². The van der Waals surface area contributed by atoms with Gasteiger partial charge in [-0.2, -0.15) is 0 Å². The summed E-state index contributed by atoms with van der Waals surface area (Å²) in [5, 5.41) is 0. The Morgan fingerprint density at radius 1 is 1.23 bits per heavy atom. The molecule has 1 amide bonds. The number of likely N-dealkylation sites (tertiary alicyclic amines) is 1. The van der Waals surface area contributed by atoms with Gasteiger partial charge < -0.3 is 9.64 Å². The molecule has 2 aliphatic heterocycles. The fraction of sp³-hybridized carbons (Fsp3) is 0.429. The molecule has 136 valence electrons. The molecule has 5 heteroatoms. The van der Waals surface area contributed by atoms with Crippen LogP contribution in [0.3, 0.4) is 0 Å². The highest BCUT2D eigenvalue weighted by Crippen LogP contribution is 2.39. The zero-order valence-electron chi connectivity index (χ0n) is 15.0. The standard InChI is InChI=1S/C21H23FN2O2/c1-15-5-9-23-18(12-15)14-20(25)24-10-7-21(8-11-24)6-4-16-2-3-17(22)13-19(16)26-21/h2-3,5,9,12-13H,4,6-8,10-11,14H2,1H3. The number of halogens is 1. The predicted molar refractivity (Wildman–Crippen MR) is 96.6 cm³/mol. The number of piperidine rings is 1. The maximum atomic E-state index is 13.5. The van der Waals surface area contributed by atoms with Crippen LogP contribution in [0.4, 0.5) is 4.39 Å². The molecule has 4 nitrogen and oxygen atoms in total. The van der Waals surface area contributed by atoms with Crippen LogP contribution >= 0.6 is 0 Å². The fourth-order valence-electron chi connectivity index (χ4n) is 3.95. The summed E-state index contributed by atoms with van der Waals surface area (Å²) in [6, 6.07) is 8.67. The second kappa shape index (κ2) is 6.71. The molecule has 0 N–H and O–H groups in total. The highest BCUT2D eigenvalue weighted by molar-refractivity contribution is 5.78. The minimum atomic E-state index is -0.265. The molecule has 1 spiro atoms. The number of rotatable bonds is 2.